The van der Waals surface area contributed by atoms with Gasteiger partial charge < -0.3 is 15.2 Å². The van der Waals surface area contributed by atoms with Gasteiger partial charge in [0.1, 0.15) is 0 Å². The Kier molecular flexibility index (Phi) is 1.70. The molecule has 0 amide bonds. The molecule has 0 radical (unpaired) electrons. The molecule has 74 valence electrons. The van der Waals surface area contributed by atoms with Gasteiger partial charge in [0.2, 0.25) is 0 Å². The Morgan fingerprint density at radius 2 is 2.15 bits per heavy atom. The second-order valence-electron chi connectivity index (χ2n) is 4.68. The molecule has 0 aromatic heterocycles. The van der Waals surface area contributed by atoms with Crippen LogP contribution in [0.2, 0.25) is 0 Å². The minimum absolute atomic E-state index is 0.309. The van der Waals surface area contributed by atoms with E-state index in [-0.39, 0.29) is 0 Å². The van der Waals surface area contributed by atoms with E-state index >= 15 is 0 Å². The molecule has 1 spiro atoms. The quantitative estimate of drug-likeness (QED) is 0.601. The molecule has 1 aliphatic carbocycles. The third-order valence-electron chi connectivity index (χ3n) is 4.38. The summed E-state index contributed by atoms with van der Waals surface area (Å²) in [5.74, 6) is 1.59. The van der Waals surface area contributed by atoms with Crippen molar-refractivity contribution in [1.82, 2.24) is 5.32 Å². The zero-order chi connectivity index (χ0) is 8.89. The number of fused-ring (bicyclic) bond motifs is 3. The highest BCUT2D eigenvalue weighted by atomic mass is 16.5. The van der Waals surface area contributed by atoms with Crippen molar-refractivity contribution in [2.24, 2.45) is 17.3 Å². The van der Waals surface area contributed by atoms with Crippen LogP contribution < -0.4 is 5.32 Å². The van der Waals surface area contributed by atoms with E-state index in [4.69, 9.17) is 4.74 Å². The molecule has 1 saturated carbocycles. The Balaban J connectivity index is 1.75. The van der Waals surface area contributed by atoms with Gasteiger partial charge in [0.15, 0.2) is 0 Å². The van der Waals surface area contributed by atoms with Crippen molar-refractivity contribution in [3.05, 3.63) is 0 Å². The lowest BCUT2D eigenvalue weighted by atomic mass is 9.89. The minimum atomic E-state index is 0.309. The summed E-state index contributed by atoms with van der Waals surface area (Å²) in [5, 5.41) is 12.6. The van der Waals surface area contributed by atoms with Gasteiger partial charge >= 0.3 is 0 Å². The van der Waals surface area contributed by atoms with Crippen molar-refractivity contribution in [2.45, 2.75) is 18.9 Å². The van der Waals surface area contributed by atoms with Crippen LogP contribution in [0.5, 0.6) is 0 Å². The SMILES string of the molecule is OC[C@H]1NC[C@H]2[C@@H]1C21CCOCC1. The van der Waals surface area contributed by atoms with Gasteiger partial charge in [-0.25, -0.2) is 0 Å². The number of aliphatic hydroxyl groups excluding tert-OH is 1. The van der Waals surface area contributed by atoms with Gasteiger partial charge in [-0.2, -0.15) is 0 Å². The van der Waals surface area contributed by atoms with Crippen molar-refractivity contribution in [1.29, 1.82) is 0 Å². The molecule has 3 aliphatic rings. The van der Waals surface area contributed by atoms with Gasteiger partial charge in [0.05, 0.1) is 6.61 Å². The van der Waals surface area contributed by atoms with E-state index in [1.165, 1.54) is 12.8 Å². The first-order valence-electron chi connectivity index (χ1n) is 5.30. The predicted octanol–water partition coefficient (Wildman–Crippen LogP) is -0.00670. The summed E-state index contributed by atoms with van der Waals surface area (Å²) in [6.07, 6.45) is 2.45. The summed E-state index contributed by atoms with van der Waals surface area (Å²) in [6.45, 7) is 3.30. The molecule has 3 nitrogen and oxygen atoms in total. The lowest BCUT2D eigenvalue weighted by molar-refractivity contribution is 0.0395. The summed E-state index contributed by atoms with van der Waals surface area (Å²) >= 11 is 0. The third kappa shape index (κ3) is 0.953. The number of hydrogen-bond acceptors (Lipinski definition) is 3. The van der Waals surface area contributed by atoms with Crippen molar-refractivity contribution in [2.75, 3.05) is 26.4 Å². The second kappa shape index (κ2) is 2.69. The van der Waals surface area contributed by atoms with Gasteiger partial charge in [-0.1, -0.05) is 0 Å². The number of nitrogens with one attached hydrogen (secondary N) is 1. The topological polar surface area (TPSA) is 41.5 Å². The van der Waals surface area contributed by atoms with E-state index < -0.39 is 0 Å². The fourth-order valence-electron chi connectivity index (χ4n) is 3.66. The Morgan fingerprint density at radius 1 is 1.38 bits per heavy atom. The molecular formula is C10H17NO2. The van der Waals surface area contributed by atoms with Crippen LogP contribution in [0.4, 0.5) is 0 Å². The number of ether oxygens (including phenoxy) is 1. The molecule has 3 fully saturated rings. The molecule has 13 heavy (non-hydrogen) atoms. The van der Waals surface area contributed by atoms with Crippen LogP contribution in [0.15, 0.2) is 0 Å². The summed E-state index contributed by atoms with van der Waals surface area (Å²) in [5.41, 5.74) is 0.566. The van der Waals surface area contributed by atoms with Crippen LogP contribution in [0.1, 0.15) is 12.8 Å². The number of piperidine rings is 1. The molecule has 3 heteroatoms. The van der Waals surface area contributed by atoms with Crippen molar-refractivity contribution >= 4 is 0 Å². The Morgan fingerprint density at radius 3 is 2.85 bits per heavy atom. The van der Waals surface area contributed by atoms with E-state index in [1.54, 1.807) is 0 Å². The first-order valence-corrected chi connectivity index (χ1v) is 5.30. The number of rotatable bonds is 1. The van der Waals surface area contributed by atoms with Crippen LogP contribution in [-0.2, 0) is 4.74 Å². The lowest BCUT2D eigenvalue weighted by Gasteiger charge is -2.28. The molecule has 0 unspecified atom stereocenters. The largest absolute Gasteiger partial charge is 0.395 e. The second-order valence-corrected chi connectivity index (χ2v) is 4.68. The van der Waals surface area contributed by atoms with E-state index in [0.717, 1.165) is 31.6 Å². The van der Waals surface area contributed by atoms with Gasteiger partial charge in [-0.05, 0) is 36.6 Å². The maximum absolute atomic E-state index is 9.18. The summed E-state index contributed by atoms with van der Waals surface area (Å²) in [6, 6.07) is 0.378. The molecule has 3 atom stereocenters. The molecule has 3 rings (SSSR count). The summed E-state index contributed by atoms with van der Waals surface area (Å²) in [7, 11) is 0. The molecule has 2 N–H and O–H groups in total. The molecular weight excluding hydrogens is 166 g/mol. The fraction of sp³-hybridized carbons (Fsp3) is 1.00. The predicted molar refractivity (Wildman–Crippen MR) is 48.3 cm³/mol. The zero-order valence-corrected chi connectivity index (χ0v) is 7.83. The molecule has 0 aromatic carbocycles. The van der Waals surface area contributed by atoms with Gasteiger partial charge in [-0.15, -0.1) is 0 Å². The van der Waals surface area contributed by atoms with Crippen LogP contribution in [0.3, 0.4) is 0 Å². The average Bonchev–Trinajstić information content (AvgIpc) is 2.64. The minimum Gasteiger partial charge on any atom is -0.395 e. The molecule has 0 bridgehead atoms. The van der Waals surface area contributed by atoms with Gasteiger partial charge in [0.25, 0.3) is 0 Å². The van der Waals surface area contributed by atoms with Gasteiger partial charge in [0, 0.05) is 19.3 Å². The van der Waals surface area contributed by atoms with E-state index in [9.17, 15) is 5.11 Å². The summed E-state index contributed by atoms with van der Waals surface area (Å²) in [4.78, 5) is 0. The summed E-state index contributed by atoms with van der Waals surface area (Å²) < 4.78 is 5.40. The zero-order valence-electron chi connectivity index (χ0n) is 7.83. The number of hydrogen-bond donors (Lipinski definition) is 2. The van der Waals surface area contributed by atoms with E-state index in [0.29, 0.717) is 18.1 Å². The molecule has 2 heterocycles. The Labute approximate surface area is 78.5 Å². The monoisotopic (exact) mass is 183 g/mol. The average molecular weight is 183 g/mol. The smallest absolute Gasteiger partial charge is 0.0587 e. The highest BCUT2D eigenvalue weighted by molar-refractivity contribution is 5.19. The maximum Gasteiger partial charge on any atom is 0.0587 e. The van der Waals surface area contributed by atoms with Crippen LogP contribution in [0.25, 0.3) is 0 Å². The Bertz CT molecular complexity index is 213. The molecule has 2 saturated heterocycles. The van der Waals surface area contributed by atoms with E-state index in [1.807, 2.05) is 0 Å². The first-order chi connectivity index (χ1) is 6.38. The molecule has 0 aromatic rings. The maximum atomic E-state index is 9.18. The highest BCUT2D eigenvalue weighted by Gasteiger charge is 2.68. The highest BCUT2D eigenvalue weighted by Crippen LogP contribution is 2.67. The van der Waals surface area contributed by atoms with Crippen molar-refractivity contribution in [3.8, 4) is 0 Å². The van der Waals surface area contributed by atoms with Crippen molar-refractivity contribution < 1.29 is 9.84 Å². The van der Waals surface area contributed by atoms with Crippen molar-refractivity contribution in [3.63, 3.8) is 0 Å². The lowest BCUT2D eigenvalue weighted by Crippen LogP contribution is -2.37. The first kappa shape index (κ1) is 8.21. The van der Waals surface area contributed by atoms with E-state index in [2.05, 4.69) is 5.32 Å². The van der Waals surface area contributed by atoms with Gasteiger partial charge in [-0.3, -0.25) is 0 Å². The van der Waals surface area contributed by atoms with Crippen LogP contribution in [0, 0.1) is 17.3 Å². The molecule has 2 aliphatic heterocycles. The van der Waals surface area contributed by atoms with Crippen LogP contribution in [-0.4, -0.2) is 37.5 Å². The third-order valence-corrected chi connectivity index (χ3v) is 4.38. The number of aliphatic hydroxyl groups is 1. The Hall–Kier alpha value is -0.120. The fourth-order valence-corrected chi connectivity index (χ4v) is 3.66. The normalized spacial score (nSPS) is 46.4. The van der Waals surface area contributed by atoms with Crippen LogP contribution >= 0.6 is 0 Å². The standard InChI is InChI=1S/C10H17NO2/c12-6-8-9-7(5-11-8)10(9)1-3-13-4-2-10/h7-9,11-12H,1-6H2/t7-,8+,9-/m0/s1.